The van der Waals surface area contributed by atoms with E-state index >= 15 is 0 Å². The fourth-order valence-electron chi connectivity index (χ4n) is 2.70. The van der Waals surface area contributed by atoms with Crippen LogP contribution in [0, 0.1) is 10.1 Å². The molecule has 10 nitrogen and oxygen atoms in total. The summed E-state index contributed by atoms with van der Waals surface area (Å²) in [6.45, 7) is 0.581. The van der Waals surface area contributed by atoms with Crippen LogP contribution in [0.3, 0.4) is 0 Å². The number of hydrogen-bond acceptors (Lipinski definition) is 7. The van der Waals surface area contributed by atoms with Crippen molar-refractivity contribution < 1.29 is 14.8 Å². The van der Waals surface area contributed by atoms with Crippen molar-refractivity contribution in [2.24, 2.45) is 0 Å². The molecule has 0 amide bonds. The number of aromatic amines is 2. The summed E-state index contributed by atoms with van der Waals surface area (Å²) in [5.41, 5.74) is -0.134. The van der Waals surface area contributed by atoms with Crippen LogP contribution in [0.1, 0.15) is 11.1 Å². The zero-order valence-electron chi connectivity index (χ0n) is 14.2. The minimum atomic E-state index is -0.877. The second-order valence-corrected chi connectivity index (χ2v) is 5.80. The SMILES string of the molecule is COc1cc(CNCc2cc([N+](=O)[O-])cc3[nH]c(=O)c(=O)[nH]c23)ccc1O. The molecule has 0 radical (unpaired) electrons. The molecule has 1 aromatic heterocycles. The van der Waals surface area contributed by atoms with E-state index in [1.54, 1.807) is 12.1 Å². The summed E-state index contributed by atoms with van der Waals surface area (Å²) in [4.78, 5) is 38.5. The number of benzene rings is 2. The highest BCUT2D eigenvalue weighted by Gasteiger charge is 2.14. The van der Waals surface area contributed by atoms with Gasteiger partial charge in [-0.2, -0.15) is 0 Å². The lowest BCUT2D eigenvalue weighted by molar-refractivity contribution is -0.384. The van der Waals surface area contributed by atoms with Crippen LogP contribution in [0.15, 0.2) is 39.9 Å². The number of nitrogens with one attached hydrogen (secondary N) is 3. The minimum absolute atomic E-state index is 0.0208. The topological polar surface area (TPSA) is 150 Å². The van der Waals surface area contributed by atoms with Gasteiger partial charge in [0.15, 0.2) is 11.5 Å². The van der Waals surface area contributed by atoms with E-state index in [-0.39, 0.29) is 23.5 Å². The van der Waals surface area contributed by atoms with Gasteiger partial charge in [-0.1, -0.05) is 6.07 Å². The molecule has 0 spiro atoms. The van der Waals surface area contributed by atoms with Crippen LogP contribution in [0.4, 0.5) is 5.69 Å². The van der Waals surface area contributed by atoms with E-state index in [1.165, 1.54) is 25.3 Å². The average Bonchev–Trinajstić information content (AvgIpc) is 2.64. The van der Waals surface area contributed by atoms with E-state index < -0.39 is 16.0 Å². The van der Waals surface area contributed by atoms with Crippen LogP contribution >= 0.6 is 0 Å². The number of non-ortho nitro benzene ring substituents is 1. The lowest BCUT2D eigenvalue weighted by atomic mass is 10.1. The number of phenolic OH excluding ortho intramolecular Hbond substituents is 1. The Morgan fingerprint density at radius 1 is 1.15 bits per heavy atom. The first-order valence-corrected chi connectivity index (χ1v) is 7.89. The van der Waals surface area contributed by atoms with Gasteiger partial charge in [0.25, 0.3) is 5.69 Å². The predicted molar refractivity (Wildman–Crippen MR) is 97.0 cm³/mol. The van der Waals surface area contributed by atoms with Gasteiger partial charge in [0.2, 0.25) is 0 Å². The number of H-pyrrole nitrogens is 2. The highest BCUT2D eigenvalue weighted by atomic mass is 16.6. The Bertz CT molecular complexity index is 1130. The Kier molecular flexibility index (Phi) is 4.90. The van der Waals surface area contributed by atoms with Gasteiger partial charge < -0.3 is 25.1 Å². The van der Waals surface area contributed by atoms with E-state index in [0.717, 1.165) is 5.56 Å². The summed E-state index contributed by atoms with van der Waals surface area (Å²) in [5.74, 6) is 0.351. The molecular formula is C17H16N4O6. The summed E-state index contributed by atoms with van der Waals surface area (Å²) in [5, 5.41) is 23.9. The third kappa shape index (κ3) is 3.80. The number of nitro groups is 1. The van der Waals surface area contributed by atoms with Gasteiger partial charge in [0.1, 0.15) is 0 Å². The standard InChI is InChI=1S/C17H16N4O6/c1-27-14-4-9(2-3-13(14)22)7-18-8-10-5-11(21(25)26)6-12-15(10)20-17(24)16(23)19-12/h2-6,18,22H,7-8H2,1H3,(H,19,23)(H,20,24). The summed E-state index contributed by atoms with van der Waals surface area (Å²) >= 11 is 0. The molecule has 0 aliphatic heterocycles. The van der Waals surface area contributed by atoms with Crippen LogP contribution in [0.5, 0.6) is 11.5 Å². The number of fused-ring (bicyclic) bond motifs is 1. The number of methoxy groups -OCH3 is 1. The molecule has 2 aromatic carbocycles. The Balaban J connectivity index is 1.89. The molecule has 0 fully saturated rings. The normalized spacial score (nSPS) is 10.9. The number of nitrogens with zero attached hydrogens (tertiary/aromatic N) is 1. The summed E-state index contributed by atoms with van der Waals surface area (Å²) in [6.07, 6.45) is 0. The lowest BCUT2D eigenvalue weighted by Gasteiger charge is -2.10. The first-order chi connectivity index (χ1) is 12.9. The summed E-state index contributed by atoms with van der Waals surface area (Å²) in [6, 6.07) is 7.39. The number of nitro benzene ring substituents is 1. The highest BCUT2D eigenvalue weighted by Crippen LogP contribution is 2.26. The van der Waals surface area contributed by atoms with Crippen molar-refractivity contribution in [3.05, 3.63) is 72.3 Å². The summed E-state index contributed by atoms with van der Waals surface area (Å²) < 4.78 is 5.05. The quantitative estimate of drug-likeness (QED) is 0.288. The first kappa shape index (κ1) is 18.1. The van der Waals surface area contributed by atoms with Crippen LogP contribution in [0.25, 0.3) is 11.0 Å². The maximum absolute atomic E-state index is 11.6. The predicted octanol–water partition coefficient (Wildman–Crippen LogP) is 1.13. The monoisotopic (exact) mass is 372 g/mol. The van der Waals surface area contributed by atoms with Crippen molar-refractivity contribution in [3.63, 3.8) is 0 Å². The van der Waals surface area contributed by atoms with Crippen LogP contribution in [-0.4, -0.2) is 27.1 Å². The second-order valence-electron chi connectivity index (χ2n) is 5.80. The van der Waals surface area contributed by atoms with Gasteiger partial charge in [0.05, 0.1) is 23.1 Å². The molecule has 10 heteroatoms. The number of rotatable bonds is 6. The Morgan fingerprint density at radius 2 is 1.89 bits per heavy atom. The Morgan fingerprint density at radius 3 is 2.59 bits per heavy atom. The van der Waals surface area contributed by atoms with Crippen molar-refractivity contribution in [2.75, 3.05) is 7.11 Å². The molecule has 4 N–H and O–H groups in total. The zero-order valence-corrected chi connectivity index (χ0v) is 14.2. The maximum Gasteiger partial charge on any atom is 0.314 e. The third-order valence-electron chi connectivity index (χ3n) is 4.00. The van der Waals surface area contributed by atoms with E-state index in [4.69, 9.17) is 4.74 Å². The van der Waals surface area contributed by atoms with Crippen molar-refractivity contribution >= 4 is 16.7 Å². The average molecular weight is 372 g/mol. The first-order valence-electron chi connectivity index (χ1n) is 7.89. The third-order valence-corrected chi connectivity index (χ3v) is 4.00. The molecule has 0 saturated carbocycles. The van der Waals surface area contributed by atoms with Crippen molar-refractivity contribution in [1.82, 2.24) is 15.3 Å². The van der Waals surface area contributed by atoms with Gasteiger partial charge in [-0.25, -0.2) is 0 Å². The number of phenols is 1. The molecule has 0 aliphatic carbocycles. The molecule has 0 bridgehead atoms. The Hall–Kier alpha value is -3.66. The molecule has 27 heavy (non-hydrogen) atoms. The maximum atomic E-state index is 11.6. The lowest BCUT2D eigenvalue weighted by Crippen LogP contribution is -2.29. The molecule has 140 valence electrons. The molecule has 3 rings (SSSR count). The van der Waals surface area contributed by atoms with E-state index in [1.807, 2.05) is 0 Å². The van der Waals surface area contributed by atoms with Crippen molar-refractivity contribution in [2.45, 2.75) is 13.1 Å². The van der Waals surface area contributed by atoms with Crippen molar-refractivity contribution in [1.29, 1.82) is 0 Å². The number of ether oxygens (including phenoxy) is 1. The zero-order chi connectivity index (χ0) is 19.6. The molecule has 0 unspecified atom stereocenters. The van der Waals surface area contributed by atoms with Gasteiger partial charge in [0, 0.05) is 25.2 Å². The Labute approximate surface area is 151 Å². The highest BCUT2D eigenvalue weighted by molar-refractivity contribution is 5.80. The van der Waals surface area contributed by atoms with Crippen LogP contribution < -0.4 is 21.2 Å². The fourth-order valence-corrected chi connectivity index (χ4v) is 2.70. The number of hydrogen-bond donors (Lipinski definition) is 4. The van der Waals surface area contributed by atoms with Gasteiger partial charge in [-0.05, 0) is 23.3 Å². The van der Waals surface area contributed by atoms with Gasteiger partial charge in [-0.15, -0.1) is 0 Å². The van der Waals surface area contributed by atoms with E-state index in [2.05, 4.69) is 15.3 Å². The minimum Gasteiger partial charge on any atom is -0.504 e. The molecule has 3 aromatic rings. The van der Waals surface area contributed by atoms with Crippen LogP contribution in [-0.2, 0) is 13.1 Å². The largest absolute Gasteiger partial charge is 0.504 e. The van der Waals surface area contributed by atoms with Crippen LogP contribution in [0.2, 0.25) is 0 Å². The molecule has 0 atom stereocenters. The fraction of sp³-hybridized carbons (Fsp3) is 0.176. The molecular weight excluding hydrogens is 356 g/mol. The second kappa shape index (κ2) is 7.30. The smallest absolute Gasteiger partial charge is 0.314 e. The molecule has 1 heterocycles. The van der Waals surface area contributed by atoms with Crippen molar-refractivity contribution in [3.8, 4) is 11.5 Å². The van der Waals surface area contributed by atoms with E-state index in [0.29, 0.717) is 23.4 Å². The van der Waals surface area contributed by atoms with Gasteiger partial charge >= 0.3 is 11.1 Å². The molecule has 0 aliphatic rings. The number of aromatic hydroxyl groups is 1. The number of aromatic nitrogens is 2. The molecule has 0 saturated heterocycles. The van der Waals surface area contributed by atoms with E-state index in [9.17, 15) is 24.8 Å². The summed E-state index contributed by atoms with van der Waals surface area (Å²) in [7, 11) is 1.44. The van der Waals surface area contributed by atoms with Gasteiger partial charge in [-0.3, -0.25) is 19.7 Å².